The van der Waals surface area contributed by atoms with Crippen LogP contribution in [-0.2, 0) is 9.53 Å². The second kappa shape index (κ2) is 7.26. The molecule has 0 aromatic heterocycles. The standard InChI is InChI=1S/C22H21NO8/c1-26-16-4-10(5-17(27-2)21(16)28-3)18-11-6-14-15(31-9-30-14)7-12(11)20(23-25)13-8-29-22(24)19(13)18/h4-7,13,18-19,25H,8-9H2,1-3H3/b23-20+/t13-,18+,19+/m0/s1. The third-order valence-corrected chi connectivity index (χ3v) is 6.13. The molecule has 9 heteroatoms. The fraction of sp³-hybridized carbons (Fsp3) is 0.364. The quantitative estimate of drug-likeness (QED) is 0.451. The first-order chi connectivity index (χ1) is 15.1. The molecule has 0 amide bonds. The summed E-state index contributed by atoms with van der Waals surface area (Å²) in [6, 6.07) is 7.27. The van der Waals surface area contributed by atoms with Crippen molar-refractivity contribution < 1.29 is 38.4 Å². The minimum absolute atomic E-state index is 0.105. The molecule has 3 aliphatic rings. The Morgan fingerprint density at radius 3 is 2.26 bits per heavy atom. The molecule has 2 aliphatic heterocycles. The fourth-order valence-electron chi connectivity index (χ4n) is 4.78. The number of hydrogen-bond acceptors (Lipinski definition) is 9. The molecule has 0 unspecified atom stereocenters. The van der Waals surface area contributed by atoms with Gasteiger partial charge in [-0.2, -0.15) is 0 Å². The van der Waals surface area contributed by atoms with Gasteiger partial charge in [-0.1, -0.05) is 5.16 Å². The van der Waals surface area contributed by atoms with Gasteiger partial charge in [0.15, 0.2) is 23.0 Å². The molecule has 9 nitrogen and oxygen atoms in total. The lowest BCUT2D eigenvalue weighted by Crippen LogP contribution is -2.36. The maximum absolute atomic E-state index is 12.8. The van der Waals surface area contributed by atoms with Crippen LogP contribution in [0.5, 0.6) is 28.7 Å². The van der Waals surface area contributed by atoms with E-state index in [0.29, 0.717) is 40.0 Å². The average Bonchev–Trinajstić information content (AvgIpc) is 3.41. The molecule has 2 heterocycles. The van der Waals surface area contributed by atoms with Gasteiger partial charge in [0.2, 0.25) is 12.5 Å². The lowest BCUT2D eigenvalue weighted by atomic mass is 9.66. The van der Waals surface area contributed by atoms with Crippen LogP contribution in [0.25, 0.3) is 0 Å². The van der Waals surface area contributed by atoms with Crippen LogP contribution in [0.15, 0.2) is 29.4 Å². The lowest BCUT2D eigenvalue weighted by molar-refractivity contribution is -0.141. The van der Waals surface area contributed by atoms with Crippen LogP contribution >= 0.6 is 0 Å². The highest BCUT2D eigenvalue weighted by molar-refractivity contribution is 6.08. The monoisotopic (exact) mass is 427 g/mol. The maximum atomic E-state index is 12.8. The largest absolute Gasteiger partial charge is 0.493 e. The van der Waals surface area contributed by atoms with Gasteiger partial charge in [0.1, 0.15) is 6.61 Å². The van der Waals surface area contributed by atoms with Crippen LogP contribution in [0, 0.1) is 11.8 Å². The van der Waals surface area contributed by atoms with Gasteiger partial charge in [-0.05, 0) is 35.4 Å². The Morgan fingerprint density at radius 1 is 0.968 bits per heavy atom. The Hall–Kier alpha value is -3.62. The van der Waals surface area contributed by atoms with Crippen molar-refractivity contribution in [3.8, 4) is 28.7 Å². The molecule has 2 aromatic carbocycles. The molecular weight excluding hydrogens is 406 g/mol. The third-order valence-electron chi connectivity index (χ3n) is 6.13. The van der Waals surface area contributed by atoms with Gasteiger partial charge >= 0.3 is 5.97 Å². The van der Waals surface area contributed by atoms with E-state index in [2.05, 4.69) is 5.16 Å². The van der Waals surface area contributed by atoms with Crippen LogP contribution in [-0.4, -0.2) is 51.6 Å². The van der Waals surface area contributed by atoms with E-state index in [1.807, 2.05) is 18.2 Å². The third kappa shape index (κ3) is 2.76. The summed E-state index contributed by atoms with van der Waals surface area (Å²) in [5.74, 6) is 0.782. The van der Waals surface area contributed by atoms with E-state index in [1.54, 1.807) is 6.07 Å². The van der Waals surface area contributed by atoms with Gasteiger partial charge in [0.05, 0.1) is 38.9 Å². The predicted molar refractivity (Wildman–Crippen MR) is 107 cm³/mol. The minimum atomic E-state index is -0.582. The highest BCUT2D eigenvalue weighted by Crippen LogP contribution is 2.52. The predicted octanol–water partition coefficient (Wildman–Crippen LogP) is 2.55. The van der Waals surface area contributed by atoms with Crippen molar-refractivity contribution in [2.75, 3.05) is 34.7 Å². The number of ether oxygens (including phenoxy) is 6. The molecule has 0 saturated carbocycles. The van der Waals surface area contributed by atoms with Crippen molar-refractivity contribution in [1.29, 1.82) is 0 Å². The van der Waals surface area contributed by atoms with Crippen molar-refractivity contribution >= 4 is 11.7 Å². The zero-order valence-electron chi connectivity index (χ0n) is 17.2. The molecule has 0 radical (unpaired) electrons. The van der Waals surface area contributed by atoms with Crippen molar-refractivity contribution in [3.05, 3.63) is 41.0 Å². The van der Waals surface area contributed by atoms with Crippen LogP contribution in [0.3, 0.4) is 0 Å². The second-order valence-electron chi connectivity index (χ2n) is 7.48. The van der Waals surface area contributed by atoms with Gasteiger partial charge in [0, 0.05) is 11.5 Å². The number of cyclic esters (lactones) is 1. The molecule has 1 aliphatic carbocycles. The summed E-state index contributed by atoms with van der Waals surface area (Å²) >= 11 is 0. The van der Waals surface area contributed by atoms with E-state index in [0.717, 1.165) is 11.1 Å². The zero-order valence-corrected chi connectivity index (χ0v) is 17.2. The van der Waals surface area contributed by atoms with E-state index in [9.17, 15) is 10.0 Å². The van der Waals surface area contributed by atoms with E-state index in [-0.39, 0.29) is 19.4 Å². The lowest BCUT2D eigenvalue weighted by Gasteiger charge is -2.34. The van der Waals surface area contributed by atoms with Gasteiger partial charge < -0.3 is 33.6 Å². The topological polar surface area (TPSA) is 105 Å². The van der Waals surface area contributed by atoms with E-state index >= 15 is 0 Å². The van der Waals surface area contributed by atoms with Crippen LogP contribution in [0.1, 0.15) is 22.6 Å². The normalized spacial score (nSPS) is 24.4. The number of fused-ring (bicyclic) bond motifs is 3. The molecule has 3 atom stereocenters. The Bertz CT molecular complexity index is 1070. The molecular formula is C22H21NO8. The first-order valence-electron chi connectivity index (χ1n) is 9.73. The van der Waals surface area contributed by atoms with Gasteiger partial charge in [0.25, 0.3) is 0 Å². The number of carbonyl (C=O) groups excluding carboxylic acids is 1. The number of methoxy groups -OCH3 is 3. The molecule has 1 N–H and O–H groups in total. The number of rotatable bonds is 4. The van der Waals surface area contributed by atoms with Crippen LogP contribution in [0.4, 0.5) is 0 Å². The summed E-state index contributed by atoms with van der Waals surface area (Å²) in [6.07, 6.45) is 0. The number of oxime groups is 1. The fourth-order valence-corrected chi connectivity index (χ4v) is 4.78. The molecule has 0 spiro atoms. The van der Waals surface area contributed by atoms with Crippen molar-refractivity contribution in [2.24, 2.45) is 17.0 Å². The molecule has 1 saturated heterocycles. The Kier molecular flexibility index (Phi) is 4.53. The van der Waals surface area contributed by atoms with Crippen LogP contribution in [0.2, 0.25) is 0 Å². The van der Waals surface area contributed by atoms with E-state index < -0.39 is 17.8 Å². The first kappa shape index (κ1) is 19.3. The number of nitrogens with zero attached hydrogens (tertiary/aromatic N) is 1. The second-order valence-corrected chi connectivity index (χ2v) is 7.48. The van der Waals surface area contributed by atoms with E-state index in [1.165, 1.54) is 21.3 Å². The van der Waals surface area contributed by atoms with E-state index in [4.69, 9.17) is 28.4 Å². The highest BCUT2D eigenvalue weighted by Gasteiger charge is 2.51. The summed E-state index contributed by atoms with van der Waals surface area (Å²) in [5.41, 5.74) is 2.63. The van der Waals surface area contributed by atoms with Crippen LogP contribution < -0.4 is 23.7 Å². The highest BCUT2D eigenvalue weighted by atomic mass is 16.7. The van der Waals surface area contributed by atoms with Crippen molar-refractivity contribution in [3.63, 3.8) is 0 Å². The summed E-state index contributed by atoms with van der Waals surface area (Å²) in [6.45, 7) is 0.241. The van der Waals surface area contributed by atoms with Crippen molar-refractivity contribution in [1.82, 2.24) is 0 Å². The summed E-state index contributed by atoms with van der Waals surface area (Å²) in [4.78, 5) is 12.8. The SMILES string of the molecule is COc1cc([C@@H]2c3cc4c(cc3/C(=N\O)[C@H]3COC(=O)[C@@H]23)OCO4)cc(OC)c1OC. The Balaban J connectivity index is 1.77. The van der Waals surface area contributed by atoms with Gasteiger partial charge in [-0.3, -0.25) is 4.79 Å². The van der Waals surface area contributed by atoms with Crippen molar-refractivity contribution in [2.45, 2.75) is 5.92 Å². The smallest absolute Gasteiger partial charge is 0.310 e. The average molecular weight is 427 g/mol. The van der Waals surface area contributed by atoms with Gasteiger partial charge in [-0.25, -0.2) is 0 Å². The van der Waals surface area contributed by atoms with Gasteiger partial charge in [-0.15, -0.1) is 0 Å². The summed E-state index contributed by atoms with van der Waals surface area (Å²) in [5, 5.41) is 13.3. The molecule has 31 heavy (non-hydrogen) atoms. The molecule has 162 valence electrons. The summed E-state index contributed by atoms with van der Waals surface area (Å²) in [7, 11) is 4.61. The number of esters is 1. The first-order valence-corrected chi connectivity index (χ1v) is 9.73. The zero-order chi connectivity index (χ0) is 21.7. The molecule has 2 aromatic rings. The number of carbonyl (C=O) groups is 1. The Morgan fingerprint density at radius 2 is 1.65 bits per heavy atom. The number of benzene rings is 2. The maximum Gasteiger partial charge on any atom is 0.310 e. The number of hydrogen-bond donors (Lipinski definition) is 1. The molecule has 0 bridgehead atoms. The minimum Gasteiger partial charge on any atom is -0.493 e. The Labute approximate surface area is 178 Å². The summed E-state index contributed by atoms with van der Waals surface area (Å²) < 4.78 is 33.0. The molecule has 1 fully saturated rings. The molecule has 5 rings (SSSR count).